The molecule has 0 aliphatic carbocycles. The summed E-state index contributed by atoms with van der Waals surface area (Å²) in [5, 5.41) is 10.1. The van der Waals surface area contributed by atoms with E-state index in [1.807, 2.05) is 63.9 Å². The predicted molar refractivity (Wildman–Crippen MR) is 128 cm³/mol. The maximum absolute atomic E-state index is 12.0. The van der Waals surface area contributed by atoms with Crippen LogP contribution in [-0.2, 0) is 17.9 Å². The van der Waals surface area contributed by atoms with Crippen LogP contribution >= 0.6 is 13.5 Å². The minimum Gasteiger partial charge on any atom is -0.489 e. The number of carbonyl (C=O) groups is 1. The first-order valence-electron chi connectivity index (χ1n) is 10.1. The highest BCUT2D eigenvalue weighted by Crippen LogP contribution is 2.32. The van der Waals surface area contributed by atoms with Gasteiger partial charge in [0.15, 0.2) is 5.82 Å². The molecule has 0 bridgehead atoms. The number of carbonyl (C=O) groups excluding carboxylic acids is 1. The molecule has 1 atom stereocenters. The lowest BCUT2D eigenvalue weighted by atomic mass is 10.2. The van der Waals surface area contributed by atoms with Gasteiger partial charge in [0.1, 0.15) is 29.8 Å². The Balaban J connectivity index is 0.00000289. The summed E-state index contributed by atoms with van der Waals surface area (Å²) in [6.07, 6.45) is 0. The van der Waals surface area contributed by atoms with Gasteiger partial charge in [-0.05, 0) is 45.4 Å². The highest BCUT2D eigenvalue weighted by Gasteiger charge is 2.30. The number of anilines is 3. The third-order valence-corrected chi connectivity index (χ3v) is 5.55. The maximum atomic E-state index is 12.0. The van der Waals surface area contributed by atoms with E-state index in [2.05, 4.69) is 25.8 Å². The normalized spacial score (nSPS) is 15.0. The van der Waals surface area contributed by atoms with Gasteiger partial charge in [0.2, 0.25) is 11.9 Å². The first-order chi connectivity index (χ1) is 14.8. The van der Waals surface area contributed by atoms with Crippen LogP contribution < -0.4 is 20.3 Å². The molecule has 0 radical (unpaired) electrons. The van der Waals surface area contributed by atoms with Crippen molar-refractivity contribution in [3.05, 3.63) is 52.5 Å². The Hall–Kier alpha value is -3.27. The van der Waals surface area contributed by atoms with E-state index in [-0.39, 0.29) is 25.4 Å². The second-order valence-electron chi connectivity index (χ2n) is 7.70. The molecule has 0 saturated heterocycles. The Bertz CT molecular complexity index is 1100. The van der Waals surface area contributed by atoms with Crippen molar-refractivity contribution in [2.75, 3.05) is 22.6 Å². The second-order valence-corrected chi connectivity index (χ2v) is 7.70. The zero-order valence-corrected chi connectivity index (χ0v) is 19.8. The fourth-order valence-electron chi connectivity index (χ4n) is 3.37. The number of amides is 1. The molecule has 1 aliphatic heterocycles. The quantitative estimate of drug-likeness (QED) is 0.581. The summed E-state index contributed by atoms with van der Waals surface area (Å²) >= 11 is 0. The largest absolute Gasteiger partial charge is 0.489 e. The minimum atomic E-state index is -0.285. The molecule has 0 saturated carbocycles. The second kappa shape index (κ2) is 9.47. The molecule has 2 N–H and O–H groups in total. The number of hydrogen-bond acceptors (Lipinski definition) is 8. The number of rotatable bonds is 6. The molecule has 1 aromatic carbocycles. The van der Waals surface area contributed by atoms with Crippen molar-refractivity contribution in [3.63, 3.8) is 0 Å². The van der Waals surface area contributed by atoms with Gasteiger partial charge in [-0.2, -0.15) is 18.5 Å². The van der Waals surface area contributed by atoms with Gasteiger partial charge in [-0.1, -0.05) is 17.3 Å². The van der Waals surface area contributed by atoms with Crippen LogP contribution in [0.1, 0.15) is 35.2 Å². The molecular formula is C22H28N6O3S. The summed E-state index contributed by atoms with van der Waals surface area (Å²) in [5.41, 5.74) is 4.27. The van der Waals surface area contributed by atoms with Crippen LogP contribution in [0.4, 0.5) is 17.5 Å². The highest BCUT2D eigenvalue weighted by molar-refractivity contribution is 7.59. The van der Waals surface area contributed by atoms with E-state index in [0.29, 0.717) is 30.6 Å². The van der Waals surface area contributed by atoms with Gasteiger partial charge in [0.25, 0.3) is 0 Å². The number of nitrogens with one attached hydrogen (secondary N) is 2. The Morgan fingerprint density at radius 3 is 2.53 bits per heavy atom. The van der Waals surface area contributed by atoms with Gasteiger partial charge in [-0.25, -0.2) is 4.98 Å². The number of hydrogen-bond donors (Lipinski definition) is 2. The van der Waals surface area contributed by atoms with Crippen LogP contribution in [0.5, 0.6) is 5.75 Å². The first-order valence-corrected chi connectivity index (χ1v) is 10.1. The van der Waals surface area contributed by atoms with Crippen molar-refractivity contribution in [1.29, 1.82) is 0 Å². The molecule has 0 spiro atoms. The van der Waals surface area contributed by atoms with E-state index < -0.39 is 0 Å². The van der Waals surface area contributed by atoms with Gasteiger partial charge in [0.05, 0.1) is 17.0 Å². The molecule has 1 aliphatic rings. The minimum absolute atomic E-state index is 0. The van der Waals surface area contributed by atoms with Crippen LogP contribution in [-0.4, -0.2) is 34.1 Å². The number of nitrogens with zero attached hydrogens (tertiary/aromatic N) is 4. The third-order valence-electron chi connectivity index (χ3n) is 5.55. The Labute approximate surface area is 194 Å². The average Bonchev–Trinajstić information content (AvgIpc) is 3.08. The van der Waals surface area contributed by atoms with Gasteiger partial charge in [0, 0.05) is 13.6 Å². The molecule has 10 heteroatoms. The monoisotopic (exact) mass is 456 g/mol. The fraction of sp³-hybridized carbons (Fsp3) is 0.364. The number of benzene rings is 1. The van der Waals surface area contributed by atoms with Crippen molar-refractivity contribution < 1.29 is 14.1 Å². The van der Waals surface area contributed by atoms with E-state index in [0.717, 1.165) is 34.0 Å². The summed E-state index contributed by atoms with van der Waals surface area (Å²) in [5.74, 6) is 2.73. The van der Waals surface area contributed by atoms with Gasteiger partial charge in [-0.15, -0.1) is 0 Å². The zero-order valence-electron chi connectivity index (χ0n) is 18.8. The topological polar surface area (TPSA) is 105 Å². The standard InChI is InChI=1S/C22H26N6O3.H2S/c1-12-18(15(4)31-27-12)11-30-17-8-6-16(7-9-17)10-23-22-24-13(2)19-20(26-22)28(5)14(3)21(29)25-19;/h6-9,14H,10-11H2,1-5H3,(H,25,29)(H,23,24,26);1H2/t14-;/m0./s1. The van der Waals surface area contributed by atoms with Crippen LogP contribution in [0.3, 0.4) is 0 Å². The number of aromatic nitrogens is 3. The van der Waals surface area contributed by atoms with Crippen molar-refractivity contribution in [2.45, 2.75) is 46.9 Å². The molecule has 9 nitrogen and oxygen atoms in total. The zero-order chi connectivity index (χ0) is 22.1. The van der Waals surface area contributed by atoms with Crippen LogP contribution in [0.15, 0.2) is 28.8 Å². The van der Waals surface area contributed by atoms with Crippen molar-refractivity contribution >= 4 is 36.9 Å². The number of aryl methyl sites for hydroxylation is 3. The molecule has 2 aromatic heterocycles. The van der Waals surface area contributed by atoms with E-state index in [9.17, 15) is 4.79 Å². The number of likely N-dealkylation sites (N-methyl/N-ethyl adjacent to an activating group) is 1. The third kappa shape index (κ3) is 4.64. The van der Waals surface area contributed by atoms with E-state index in [4.69, 9.17) is 9.26 Å². The molecule has 3 aromatic rings. The molecule has 1 amide bonds. The summed E-state index contributed by atoms with van der Waals surface area (Å²) in [7, 11) is 1.86. The lowest BCUT2D eigenvalue weighted by Crippen LogP contribution is -2.44. The lowest BCUT2D eigenvalue weighted by molar-refractivity contribution is -0.117. The molecule has 0 fully saturated rings. The smallest absolute Gasteiger partial charge is 0.246 e. The fourth-order valence-corrected chi connectivity index (χ4v) is 3.37. The number of fused-ring (bicyclic) bond motifs is 1. The van der Waals surface area contributed by atoms with Gasteiger partial charge >= 0.3 is 0 Å². The van der Waals surface area contributed by atoms with Crippen LogP contribution in [0, 0.1) is 20.8 Å². The average molecular weight is 457 g/mol. The van der Waals surface area contributed by atoms with Crippen LogP contribution in [0.25, 0.3) is 0 Å². The van der Waals surface area contributed by atoms with E-state index in [1.54, 1.807) is 0 Å². The molecule has 3 heterocycles. The van der Waals surface area contributed by atoms with Gasteiger partial charge in [-0.3, -0.25) is 4.79 Å². The summed E-state index contributed by atoms with van der Waals surface area (Å²) in [6.45, 7) is 8.47. The molecule has 32 heavy (non-hydrogen) atoms. The molecule has 0 unspecified atom stereocenters. The predicted octanol–water partition coefficient (Wildman–Crippen LogP) is 3.47. The SMILES string of the molecule is Cc1noc(C)c1COc1ccc(CNc2nc(C)c3c(n2)N(C)[C@@H](C)C(=O)N3)cc1.S. The Morgan fingerprint density at radius 1 is 1.16 bits per heavy atom. The Morgan fingerprint density at radius 2 is 1.88 bits per heavy atom. The summed E-state index contributed by atoms with van der Waals surface area (Å²) in [6, 6.07) is 7.57. The lowest BCUT2D eigenvalue weighted by Gasteiger charge is -2.32. The molecule has 170 valence electrons. The first kappa shape index (κ1) is 23.4. The van der Waals surface area contributed by atoms with Crippen molar-refractivity contribution in [1.82, 2.24) is 15.1 Å². The van der Waals surface area contributed by atoms with Crippen molar-refractivity contribution in [3.8, 4) is 5.75 Å². The number of ether oxygens (including phenoxy) is 1. The maximum Gasteiger partial charge on any atom is 0.246 e. The Kier molecular flexibility index (Phi) is 6.93. The van der Waals surface area contributed by atoms with E-state index >= 15 is 0 Å². The summed E-state index contributed by atoms with van der Waals surface area (Å²) < 4.78 is 11.0. The summed E-state index contributed by atoms with van der Waals surface area (Å²) in [4.78, 5) is 23.0. The van der Waals surface area contributed by atoms with Crippen LogP contribution in [0.2, 0.25) is 0 Å². The van der Waals surface area contributed by atoms with Gasteiger partial charge < -0.3 is 24.8 Å². The highest BCUT2D eigenvalue weighted by atomic mass is 32.1. The van der Waals surface area contributed by atoms with E-state index in [1.165, 1.54) is 0 Å². The molecular weight excluding hydrogens is 428 g/mol. The van der Waals surface area contributed by atoms with Crippen molar-refractivity contribution in [2.24, 2.45) is 0 Å². The molecule has 4 rings (SSSR count).